The Morgan fingerprint density at radius 1 is 1.50 bits per heavy atom. The number of rotatable bonds is 4. The van der Waals surface area contributed by atoms with Crippen LogP contribution in [0.15, 0.2) is 22.6 Å². The number of nitrogens with zero attached hydrogens (tertiary/aromatic N) is 2. The van der Waals surface area contributed by atoms with Gasteiger partial charge in [-0.25, -0.2) is 9.78 Å². The van der Waals surface area contributed by atoms with Gasteiger partial charge < -0.3 is 19.7 Å². The lowest BCUT2D eigenvalue weighted by Gasteiger charge is -2.22. The van der Waals surface area contributed by atoms with Gasteiger partial charge in [0, 0.05) is 18.7 Å². The van der Waals surface area contributed by atoms with Crippen LogP contribution >= 0.6 is 0 Å². The zero-order valence-corrected chi connectivity index (χ0v) is 12.8. The minimum absolute atomic E-state index is 0.352. The van der Waals surface area contributed by atoms with E-state index in [-0.39, 0.29) is 0 Å². The Morgan fingerprint density at radius 3 is 2.83 bits per heavy atom. The number of anilines is 1. The fraction of sp³-hybridized carbons (Fsp3) is 0.467. The number of carbonyl (C=O) groups excluding carboxylic acids is 1. The minimum atomic E-state index is -4.77. The third-order valence-electron chi connectivity index (χ3n) is 3.75. The highest BCUT2D eigenvalue weighted by atomic mass is 19.4. The molecule has 0 aliphatic heterocycles. The molecule has 0 spiro atoms. The molecule has 1 aromatic carbocycles. The van der Waals surface area contributed by atoms with E-state index in [4.69, 9.17) is 9.52 Å². The lowest BCUT2D eigenvalue weighted by atomic mass is 10.3. The van der Waals surface area contributed by atoms with Gasteiger partial charge in [0.25, 0.3) is 0 Å². The Bertz CT molecular complexity index is 755. The van der Waals surface area contributed by atoms with Gasteiger partial charge in [-0.15, -0.1) is 0 Å². The van der Waals surface area contributed by atoms with Crippen molar-refractivity contribution in [1.82, 2.24) is 9.88 Å². The third kappa shape index (κ3) is 3.61. The van der Waals surface area contributed by atoms with E-state index < -0.39 is 24.9 Å². The molecule has 6 nitrogen and oxygen atoms in total. The van der Waals surface area contributed by atoms with Crippen LogP contribution in [0.3, 0.4) is 0 Å². The highest BCUT2D eigenvalue weighted by molar-refractivity contribution is 5.91. The predicted molar refractivity (Wildman–Crippen MR) is 79.7 cm³/mol. The number of nitrogens with one attached hydrogen (secondary N) is 1. The molecule has 0 saturated heterocycles. The Hall–Kier alpha value is -2.29. The first kappa shape index (κ1) is 16.6. The number of likely N-dealkylation sites (N-methyl/N-ethyl adjacent to an activating group) is 1. The fourth-order valence-electron chi connectivity index (χ4n) is 2.19. The highest BCUT2D eigenvalue weighted by Gasteiger charge is 2.39. The number of hydrogen-bond acceptors (Lipinski definition) is 4. The molecular weight excluding hydrogens is 327 g/mol. The molecule has 3 rings (SSSR count). The number of oxazole rings is 1. The fourth-order valence-corrected chi connectivity index (χ4v) is 2.19. The van der Waals surface area contributed by atoms with E-state index in [0.717, 1.165) is 17.7 Å². The highest BCUT2D eigenvalue weighted by Crippen LogP contribution is 2.40. The van der Waals surface area contributed by atoms with Gasteiger partial charge in [0.1, 0.15) is 5.52 Å². The number of alkyl halides is 3. The summed E-state index contributed by atoms with van der Waals surface area (Å²) in [6.07, 6.45) is -5.27. The van der Waals surface area contributed by atoms with Crippen molar-refractivity contribution in [3.63, 3.8) is 0 Å². The van der Waals surface area contributed by atoms with Gasteiger partial charge in [-0.3, -0.25) is 0 Å². The molecule has 24 heavy (non-hydrogen) atoms. The zero-order valence-electron chi connectivity index (χ0n) is 12.8. The quantitative estimate of drug-likeness (QED) is 0.894. The average molecular weight is 343 g/mol. The van der Waals surface area contributed by atoms with E-state index in [9.17, 15) is 18.0 Å². The maximum absolute atomic E-state index is 12.3. The van der Waals surface area contributed by atoms with Crippen molar-refractivity contribution in [1.29, 1.82) is 0 Å². The molecule has 1 aromatic heterocycles. The maximum Gasteiger partial charge on any atom is 0.416 e. The molecule has 1 aliphatic rings. The van der Waals surface area contributed by atoms with Crippen molar-refractivity contribution in [2.45, 2.75) is 31.0 Å². The molecule has 2 aromatic rings. The number of fused-ring (bicyclic) bond motifs is 1. The molecule has 1 aliphatic carbocycles. The van der Waals surface area contributed by atoms with Crippen LogP contribution in [0, 0.1) is 0 Å². The van der Waals surface area contributed by atoms with Gasteiger partial charge in [0.15, 0.2) is 17.6 Å². The molecule has 9 heteroatoms. The molecule has 1 atom stereocenters. The summed E-state index contributed by atoms with van der Waals surface area (Å²) in [5, 5.41) is 11.5. The molecule has 0 radical (unpaired) electrons. The summed E-state index contributed by atoms with van der Waals surface area (Å²) in [4.78, 5) is 17.0. The Labute approximate surface area is 135 Å². The number of urea groups is 1. The van der Waals surface area contributed by atoms with E-state index in [0.29, 0.717) is 28.6 Å². The largest absolute Gasteiger partial charge is 0.440 e. The van der Waals surface area contributed by atoms with Gasteiger partial charge in [0.05, 0.1) is 6.54 Å². The number of aliphatic hydroxyl groups is 1. The van der Waals surface area contributed by atoms with E-state index in [1.807, 2.05) is 0 Å². The minimum Gasteiger partial charge on any atom is -0.440 e. The summed E-state index contributed by atoms with van der Waals surface area (Å²) < 4.78 is 42.6. The lowest BCUT2D eigenvalue weighted by molar-refractivity contribution is -0.205. The molecule has 1 fully saturated rings. The Kier molecular flexibility index (Phi) is 4.12. The van der Waals surface area contributed by atoms with Crippen LogP contribution in [0.1, 0.15) is 24.7 Å². The number of aliphatic hydroxyl groups excluding tert-OH is 1. The van der Waals surface area contributed by atoms with Crippen LogP contribution in [-0.2, 0) is 0 Å². The number of amides is 2. The van der Waals surface area contributed by atoms with Crippen molar-refractivity contribution in [3.8, 4) is 0 Å². The number of hydrogen-bond donors (Lipinski definition) is 2. The van der Waals surface area contributed by atoms with E-state index in [2.05, 4.69) is 10.3 Å². The van der Waals surface area contributed by atoms with Crippen molar-refractivity contribution >= 4 is 22.8 Å². The van der Waals surface area contributed by atoms with Gasteiger partial charge in [-0.1, -0.05) is 0 Å². The first-order valence-corrected chi connectivity index (χ1v) is 7.41. The van der Waals surface area contributed by atoms with Crippen LogP contribution in [0.5, 0.6) is 0 Å². The van der Waals surface area contributed by atoms with Crippen molar-refractivity contribution in [2.24, 2.45) is 0 Å². The first-order valence-electron chi connectivity index (χ1n) is 7.41. The summed E-state index contributed by atoms with van der Waals surface area (Å²) in [7, 11) is 1.17. The van der Waals surface area contributed by atoms with Gasteiger partial charge >= 0.3 is 12.2 Å². The second-order valence-electron chi connectivity index (χ2n) is 5.88. The zero-order chi connectivity index (χ0) is 17.5. The van der Waals surface area contributed by atoms with Gasteiger partial charge in [-0.05, 0) is 31.0 Å². The average Bonchev–Trinajstić information content (AvgIpc) is 3.26. The standard InChI is InChI=1S/C15H16F3N3O3/c1-21(7-12(22)15(16,17)18)14(23)19-9-4-5-11-10(6-9)20-13(24-11)8-2-3-8/h4-6,8,12,22H,2-3,7H2,1H3,(H,19,23). The van der Waals surface area contributed by atoms with Crippen molar-refractivity contribution < 1.29 is 27.5 Å². The topological polar surface area (TPSA) is 78.6 Å². The number of benzene rings is 1. The summed E-state index contributed by atoms with van der Waals surface area (Å²) in [5.41, 5.74) is 1.56. The molecule has 2 N–H and O–H groups in total. The summed E-state index contributed by atoms with van der Waals surface area (Å²) in [6.45, 7) is -0.854. The Balaban J connectivity index is 1.66. The van der Waals surface area contributed by atoms with Crippen molar-refractivity contribution in [2.75, 3.05) is 18.9 Å². The van der Waals surface area contributed by atoms with E-state index in [1.54, 1.807) is 18.2 Å². The van der Waals surface area contributed by atoms with Gasteiger partial charge in [-0.2, -0.15) is 13.2 Å². The molecular formula is C15H16F3N3O3. The molecule has 1 unspecified atom stereocenters. The summed E-state index contributed by atoms with van der Waals surface area (Å²) in [5.74, 6) is 1.02. The normalized spacial score (nSPS) is 16.2. The van der Waals surface area contributed by atoms with Crippen LogP contribution in [0.2, 0.25) is 0 Å². The second kappa shape index (κ2) is 5.97. The third-order valence-corrected chi connectivity index (χ3v) is 3.75. The first-order chi connectivity index (χ1) is 11.2. The molecule has 2 amide bonds. The molecule has 1 saturated carbocycles. The molecule has 130 valence electrons. The van der Waals surface area contributed by atoms with E-state index in [1.165, 1.54) is 7.05 Å². The van der Waals surface area contributed by atoms with E-state index >= 15 is 0 Å². The van der Waals surface area contributed by atoms with Crippen molar-refractivity contribution in [3.05, 3.63) is 24.1 Å². The smallest absolute Gasteiger partial charge is 0.416 e. The molecule has 1 heterocycles. The monoisotopic (exact) mass is 343 g/mol. The van der Waals surface area contributed by atoms with Crippen LogP contribution in [0.4, 0.5) is 23.7 Å². The second-order valence-corrected chi connectivity index (χ2v) is 5.88. The SMILES string of the molecule is CN(CC(O)C(F)(F)F)C(=O)Nc1ccc2oc(C3CC3)nc2c1. The molecule has 0 bridgehead atoms. The number of aromatic nitrogens is 1. The maximum atomic E-state index is 12.3. The number of halogens is 3. The van der Waals surface area contributed by atoms with Crippen LogP contribution < -0.4 is 5.32 Å². The summed E-state index contributed by atoms with van der Waals surface area (Å²) >= 11 is 0. The van der Waals surface area contributed by atoms with Crippen LogP contribution in [0.25, 0.3) is 11.1 Å². The van der Waals surface area contributed by atoms with Crippen LogP contribution in [-0.4, -0.2) is 46.9 Å². The Morgan fingerprint density at radius 2 is 2.21 bits per heavy atom. The van der Waals surface area contributed by atoms with Gasteiger partial charge in [0.2, 0.25) is 0 Å². The predicted octanol–water partition coefficient (Wildman–Crippen LogP) is 3.09. The summed E-state index contributed by atoms with van der Waals surface area (Å²) in [6, 6.07) is 4.06. The number of carbonyl (C=O) groups is 1. The lowest BCUT2D eigenvalue weighted by Crippen LogP contribution is -2.43.